The molecule has 0 bridgehead atoms. The van der Waals surface area contributed by atoms with E-state index in [1.165, 1.54) is 11.1 Å². The Bertz CT molecular complexity index is 440. The Balaban J connectivity index is 1.78. The van der Waals surface area contributed by atoms with Crippen molar-refractivity contribution in [2.24, 2.45) is 0 Å². The maximum absolute atomic E-state index is 12.0. The number of ether oxygens (including phenoxy) is 1. The average Bonchev–Trinajstić information content (AvgIpc) is 2.42. The molecule has 0 saturated carbocycles. The van der Waals surface area contributed by atoms with E-state index < -0.39 is 0 Å². The van der Waals surface area contributed by atoms with Gasteiger partial charge in [-0.05, 0) is 25.5 Å². The number of carbonyl (C=O) groups excluding carboxylic acids is 1. The molecule has 0 radical (unpaired) electrons. The predicted molar refractivity (Wildman–Crippen MR) is 76.4 cm³/mol. The van der Waals surface area contributed by atoms with Crippen LogP contribution < -0.4 is 5.32 Å². The lowest BCUT2D eigenvalue weighted by Crippen LogP contribution is -2.41. The van der Waals surface area contributed by atoms with Crippen LogP contribution in [0.3, 0.4) is 0 Å². The minimum atomic E-state index is 0.209. The summed E-state index contributed by atoms with van der Waals surface area (Å²) >= 11 is 0. The highest BCUT2D eigenvalue weighted by Gasteiger charge is 2.15. The van der Waals surface area contributed by atoms with Crippen molar-refractivity contribution in [3.8, 4) is 0 Å². The third-order valence-electron chi connectivity index (χ3n) is 3.40. The third-order valence-corrected chi connectivity index (χ3v) is 3.40. The van der Waals surface area contributed by atoms with Gasteiger partial charge >= 0.3 is 0 Å². The van der Waals surface area contributed by atoms with Crippen LogP contribution in [-0.4, -0.2) is 43.7 Å². The highest BCUT2D eigenvalue weighted by molar-refractivity contribution is 5.76. The van der Waals surface area contributed by atoms with Crippen LogP contribution in [0.1, 0.15) is 17.5 Å². The van der Waals surface area contributed by atoms with Crippen LogP contribution in [-0.2, 0) is 9.53 Å². The van der Waals surface area contributed by atoms with Gasteiger partial charge < -0.3 is 15.0 Å². The lowest BCUT2D eigenvalue weighted by Gasteiger charge is -2.27. The summed E-state index contributed by atoms with van der Waals surface area (Å²) < 4.78 is 5.24. The van der Waals surface area contributed by atoms with Gasteiger partial charge in [0.25, 0.3) is 0 Å². The van der Waals surface area contributed by atoms with Crippen LogP contribution in [0.15, 0.2) is 18.2 Å². The normalized spacial score (nSPS) is 15.4. The second kappa shape index (κ2) is 6.57. The quantitative estimate of drug-likeness (QED) is 0.902. The zero-order valence-electron chi connectivity index (χ0n) is 11.7. The summed E-state index contributed by atoms with van der Waals surface area (Å²) in [5, 5.41) is 3.33. The van der Waals surface area contributed by atoms with E-state index in [9.17, 15) is 4.79 Å². The highest BCUT2D eigenvalue weighted by Crippen LogP contribution is 2.15. The van der Waals surface area contributed by atoms with Crippen molar-refractivity contribution in [2.45, 2.75) is 20.3 Å². The Morgan fingerprint density at radius 2 is 2.05 bits per heavy atom. The predicted octanol–water partition coefficient (Wildman–Crippen LogP) is 1.96. The minimum Gasteiger partial charge on any atom is -0.384 e. The number of aryl methyl sites for hydroxylation is 2. The molecule has 1 aliphatic heterocycles. The lowest BCUT2D eigenvalue weighted by molar-refractivity contribution is -0.134. The average molecular weight is 262 g/mol. The number of nitrogens with zero attached hydrogens (tertiary/aromatic N) is 1. The van der Waals surface area contributed by atoms with Crippen LogP contribution in [0.25, 0.3) is 0 Å². The summed E-state index contributed by atoms with van der Waals surface area (Å²) in [5.74, 6) is 0.209. The van der Waals surface area contributed by atoms with Crippen LogP contribution in [0.4, 0.5) is 5.69 Å². The Kier molecular flexibility index (Phi) is 4.80. The molecule has 1 aliphatic rings. The Hall–Kier alpha value is -1.55. The van der Waals surface area contributed by atoms with Crippen LogP contribution >= 0.6 is 0 Å². The number of hydrogen-bond donors (Lipinski definition) is 1. The molecule has 0 aliphatic carbocycles. The maximum atomic E-state index is 12.0. The Labute approximate surface area is 114 Å². The fourth-order valence-electron chi connectivity index (χ4n) is 2.29. The first-order valence-electron chi connectivity index (χ1n) is 6.83. The molecule has 1 N–H and O–H groups in total. The number of amides is 1. The molecule has 1 heterocycles. The number of morpholine rings is 1. The first-order chi connectivity index (χ1) is 9.16. The topological polar surface area (TPSA) is 41.6 Å². The van der Waals surface area contributed by atoms with Gasteiger partial charge in [0.15, 0.2) is 0 Å². The molecular formula is C15H22N2O2. The number of rotatable bonds is 4. The lowest BCUT2D eigenvalue weighted by atomic mass is 10.1. The molecule has 2 rings (SSSR count). The molecule has 4 nitrogen and oxygen atoms in total. The van der Waals surface area contributed by atoms with E-state index in [2.05, 4.69) is 37.4 Å². The Morgan fingerprint density at radius 1 is 1.32 bits per heavy atom. The van der Waals surface area contributed by atoms with Gasteiger partial charge in [-0.1, -0.05) is 17.7 Å². The van der Waals surface area contributed by atoms with Crippen molar-refractivity contribution in [1.29, 1.82) is 0 Å². The van der Waals surface area contributed by atoms with Crippen molar-refractivity contribution in [3.63, 3.8) is 0 Å². The van der Waals surface area contributed by atoms with E-state index in [1.54, 1.807) is 0 Å². The summed E-state index contributed by atoms with van der Waals surface area (Å²) in [4.78, 5) is 13.8. The van der Waals surface area contributed by atoms with E-state index in [0.29, 0.717) is 26.2 Å². The number of nitrogens with one attached hydrogen (secondary N) is 1. The summed E-state index contributed by atoms with van der Waals surface area (Å²) in [6, 6.07) is 6.30. The van der Waals surface area contributed by atoms with Gasteiger partial charge in [0.2, 0.25) is 5.91 Å². The monoisotopic (exact) mass is 262 g/mol. The van der Waals surface area contributed by atoms with Gasteiger partial charge in [0, 0.05) is 31.7 Å². The van der Waals surface area contributed by atoms with Crippen molar-refractivity contribution in [1.82, 2.24) is 4.90 Å². The molecule has 0 atom stereocenters. The molecule has 19 heavy (non-hydrogen) atoms. The molecule has 104 valence electrons. The van der Waals surface area contributed by atoms with Gasteiger partial charge in [-0.3, -0.25) is 4.79 Å². The van der Waals surface area contributed by atoms with E-state index in [0.717, 1.165) is 18.8 Å². The molecular weight excluding hydrogens is 240 g/mol. The van der Waals surface area contributed by atoms with E-state index in [1.807, 2.05) is 4.90 Å². The SMILES string of the molecule is Cc1ccc(NCCC(=O)N2CCOCC2)c(C)c1. The van der Waals surface area contributed by atoms with Gasteiger partial charge in [-0.15, -0.1) is 0 Å². The second-order valence-corrected chi connectivity index (χ2v) is 4.99. The molecule has 0 unspecified atom stereocenters. The van der Waals surface area contributed by atoms with Gasteiger partial charge in [-0.2, -0.15) is 0 Å². The van der Waals surface area contributed by atoms with Crippen molar-refractivity contribution >= 4 is 11.6 Å². The van der Waals surface area contributed by atoms with Crippen molar-refractivity contribution < 1.29 is 9.53 Å². The molecule has 1 aromatic rings. The van der Waals surface area contributed by atoms with Gasteiger partial charge in [0.1, 0.15) is 0 Å². The zero-order valence-corrected chi connectivity index (χ0v) is 11.7. The van der Waals surface area contributed by atoms with Crippen molar-refractivity contribution in [2.75, 3.05) is 38.2 Å². The summed E-state index contributed by atoms with van der Waals surface area (Å²) in [5.41, 5.74) is 3.59. The van der Waals surface area contributed by atoms with Crippen LogP contribution in [0, 0.1) is 13.8 Å². The molecule has 1 saturated heterocycles. The Morgan fingerprint density at radius 3 is 2.74 bits per heavy atom. The fraction of sp³-hybridized carbons (Fsp3) is 0.533. The van der Waals surface area contributed by atoms with E-state index >= 15 is 0 Å². The third kappa shape index (κ3) is 3.96. The van der Waals surface area contributed by atoms with E-state index in [-0.39, 0.29) is 5.91 Å². The van der Waals surface area contributed by atoms with Gasteiger partial charge in [0.05, 0.1) is 13.2 Å². The largest absolute Gasteiger partial charge is 0.384 e. The molecule has 1 amide bonds. The van der Waals surface area contributed by atoms with Crippen LogP contribution in [0.5, 0.6) is 0 Å². The minimum absolute atomic E-state index is 0.209. The highest BCUT2D eigenvalue weighted by atomic mass is 16.5. The summed E-state index contributed by atoms with van der Waals surface area (Å²) in [6.45, 7) is 7.62. The molecule has 1 aromatic carbocycles. The molecule has 1 fully saturated rings. The first kappa shape index (κ1) is 13.9. The smallest absolute Gasteiger partial charge is 0.224 e. The standard InChI is InChI=1S/C15H22N2O2/c1-12-3-4-14(13(2)11-12)16-6-5-15(18)17-7-9-19-10-8-17/h3-4,11,16H,5-10H2,1-2H3. The number of carbonyl (C=O) groups is 1. The number of anilines is 1. The summed E-state index contributed by atoms with van der Waals surface area (Å²) in [7, 11) is 0. The second-order valence-electron chi connectivity index (χ2n) is 4.99. The van der Waals surface area contributed by atoms with Gasteiger partial charge in [-0.25, -0.2) is 0 Å². The zero-order chi connectivity index (χ0) is 13.7. The summed E-state index contributed by atoms with van der Waals surface area (Å²) in [6.07, 6.45) is 0.535. The maximum Gasteiger partial charge on any atom is 0.224 e. The van der Waals surface area contributed by atoms with Crippen LogP contribution in [0.2, 0.25) is 0 Å². The number of hydrogen-bond acceptors (Lipinski definition) is 3. The van der Waals surface area contributed by atoms with Crippen molar-refractivity contribution in [3.05, 3.63) is 29.3 Å². The van der Waals surface area contributed by atoms with E-state index in [4.69, 9.17) is 4.74 Å². The molecule has 0 spiro atoms. The first-order valence-corrected chi connectivity index (χ1v) is 6.83. The number of benzene rings is 1. The molecule has 4 heteroatoms. The molecule has 0 aromatic heterocycles. The fourth-order valence-corrected chi connectivity index (χ4v) is 2.29.